The predicted octanol–water partition coefficient (Wildman–Crippen LogP) is 2.67. The SMILES string of the molecule is Cc1ccc(NC(=O)Cn2c3c(sc2=O)C(c2ccc(F)cc2)C2C(=O)N(C(N)=O)C(=O)C2S3)cc1. The molecule has 3 atom stereocenters. The van der Waals surface area contributed by atoms with E-state index in [-0.39, 0.29) is 6.54 Å². The molecule has 5 amide bonds. The Labute approximate surface area is 212 Å². The second-order valence-electron chi connectivity index (χ2n) is 8.48. The number of anilines is 1. The maximum absolute atomic E-state index is 13.6. The summed E-state index contributed by atoms with van der Waals surface area (Å²) in [6.07, 6.45) is 0. The van der Waals surface area contributed by atoms with Crippen LogP contribution in [0, 0.1) is 18.7 Å². The second kappa shape index (κ2) is 9.03. The monoisotopic (exact) mass is 526 g/mol. The number of hydrogen-bond acceptors (Lipinski definition) is 7. The van der Waals surface area contributed by atoms with Gasteiger partial charge >= 0.3 is 10.9 Å². The summed E-state index contributed by atoms with van der Waals surface area (Å²) in [4.78, 5) is 64.2. The fraction of sp³-hybridized carbons (Fsp3) is 0.208. The molecule has 1 saturated heterocycles. The predicted molar refractivity (Wildman–Crippen MR) is 131 cm³/mol. The van der Waals surface area contributed by atoms with Gasteiger partial charge in [0.1, 0.15) is 17.6 Å². The van der Waals surface area contributed by atoms with Crippen molar-refractivity contribution in [3.63, 3.8) is 0 Å². The van der Waals surface area contributed by atoms with Crippen LogP contribution in [0.5, 0.6) is 0 Å². The maximum Gasteiger partial charge on any atom is 0.328 e. The molecule has 2 aliphatic heterocycles. The number of nitrogens with one attached hydrogen (secondary N) is 1. The number of rotatable bonds is 4. The minimum atomic E-state index is -1.18. The zero-order chi connectivity index (χ0) is 25.7. The summed E-state index contributed by atoms with van der Waals surface area (Å²) in [6.45, 7) is 1.60. The number of hydrogen-bond donors (Lipinski definition) is 2. The Hall–Kier alpha value is -3.77. The number of fused-ring (bicyclic) bond motifs is 2. The minimum Gasteiger partial charge on any atom is -0.351 e. The average Bonchev–Trinajstić information content (AvgIpc) is 3.27. The van der Waals surface area contributed by atoms with Crippen molar-refractivity contribution in [3.05, 3.63) is 80.0 Å². The summed E-state index contributed by atoms with van der Waals surface area (Å²) in [5, 5.41) is 2.06. The van der Waals surface area contributed by atoms with Gasteiger partial charge in [-0.15, -0.1) is 0 Å². The van der Waals surface area contributed by atoms with Crippen molar-refractivity contribution in [1.82, 2.24) is 9.47 Å². The van der Waals surface area contributed by atoms with Crippen molar-refractivity contribution in [3.8, 4) is 0 Å². The molecule has 1 fully saturated rings. The molecule has 0 radical (unpaired) electrons. The topological polar surface area (TPSA) is 132 Å². The Balaban J connectivity index is 1.55. The van der Waals surface area contributed by atoms with Gasteiger partial charge in [0.15, 0.2) is 0 Å². The third kappa shape index (κ3) is 4.01. The molecule has 0 spiro atoms. The fourth-order valence-electron chi connectivity index (χ4n) is 4.48. The van der Waals surface area contributed by atoms with Gasteiger partial charge in [-0.3, -0.25) is 23.7 Å². The smallest absolute Gasteiger partial charge is 0.328 e. The van der Waals surface area contributed by atoms with E-state index in [2.05, 4.69) is 5.32 Å². The van der Waals surface area contributed by atoms with Crippen LogP contribution < -0.4 is 15.9 Å². The maximum atomic E-state index is 13.6. The number of amides is 5. The molecule has 2 aromatic carbocycles. The first-order valence-electron chi connectivity index (χ1n) is 10.8. The van der Waals surface area contributed by atoms with Gasteiger partial charge in [0.2, 0.25) is 11.8 Å². The number of carbonyl (C=O) groups is 4. The number of benzene rings is 2. The molecule has 5 rings (SSSR count). The van der Waals surface area contributed by atoms with E-state index >= 15 is 0 Å². The average molecular weight is 527 g/mol. The molecule has 0 saturated carbocycles. The quantitative estimate of drug-likeness (QED) is 0.503. The largest absolute Gasteiger partial charge is 0.351 e. The molecule has 0 bridgehead atoms. The van der Waals surface area contributed by atoms with Crippen molar-refractivity contribution in [1.29, 1.82) is 0 Å². The first-order chi connectivity index (χ1) is 17.2. The lowest BCUT2D eigenvalue weighted by Crippen LogP contribution is -2.41. The van der Waals surface area contributed by atoms with Crippen LogP contribution >= 0.6 is 23.1 Å². The van der Waals surface area contributed by atoms with Gasteiger partial charge in [0.05, 0.1) is 10.9 Å². The van der Waals surface area contributed by atoms with E-state index in [1.54, 1.807) is 12.1 Å². The van der Waals surface area contributed by atoms with Gasteiger partial charge in [0.25, 0.3) is 5.91 Å². The van der Waals surface area contributed by atoms with Crippen LogP contribution in [0.4, 0.5) is 14.9 Å². The Kier molecular flexibility index (Phi) is 6.00. The first-order valence-corrected chi connectivity index (χ1v) is 12.5. The molecule has 9 nitrogen and oxygen atoms in total. The van der Waals surface area contributed by atoms with Gasteiger partial charge in [-0.1, -0.05) is 52.9 Å². The summed E-state index contributed by atoms with van der Waals surface area (Å²) < 4.78 is 14.9. The number of aryl methyl sites for hydroxylation is 1. The lowest BCUT2D eigenvalue weighted by atomic mass is 9.83. The molecule has 12 heteroatoms. The second-order valence-corrected chi connectivity index (χ2v) is 10.6. The Morgan fingerprint density at radius 3 is 2.33 bits per heavy atom. The van der Waals surface area contributed by atoms with Crippen molar-refractivity contribution in [2.24, 2.45) is 11.7 Å². The van der Waals surface area contributed by atoms with E-state index < -0.39 is 51.5 Å². The number of primary amides is 1. The lowest BCUT2D eigenvalue weighted by Gasteiger charge is -2.30. The standard InChI is InChI=1S/C24H19FN4O5S2/c1-11-2-8-14(9-3-11)27-15(30)10-28-22-19(36-24(28)34)16(12-4-6-13(25)7-5-12)17-18(35-22)21(32)29(20(17)31)23(26)33/h2-9,16-18H,10H2,1H3,(H2,26,33)(H,27,30). The number of nitrogens with two attached hydrogens (primary N) is 1. The van der Waals surface area contributed by atoms with Crippen LogP contribution in [0.3, 0.4) is 0 Å². The number of imide groups is 3. The van der Waals surface area contributed by atoms with E-state index in [1.807, 2.05) is 19.1 Å². The van der Waals surface area contributed by atoms with Gasteiger partial charge < -0.3 is 11.1 Å². The first kappa shape index (κ1) is 23.9. The zero-order valence-corrected chi connectivity index (χ0v) is 20.4. The normalized spacial score (nSPS) is 20.7. The summed E-state index contributed by atoms with van der Waals surface area (Å²) in [5.41, 5.74) is 7.38. The van der Waals surface area contributed by atoms with Crippen LogP contribution in [0.2, 0.25) is 0 Å². The van der Waals surface area contributed by atoms with Crippen LogP contribution in [0.1, 0.15) is 21.9 Å². The molecule has 3 aromatic rings. The van der Waals surface area contributed by atoms with Crippen molar-refractivity contribution in [2.45, 2.75) is 29.7 Å². The molecular weight excluding hydrogens is 507 g/mol. The van der Waals surface area contributed by atoms with Crippen molar-refractivity contribution < 1.29 is 23.6 Å². The molecule has 184 valence electrons. The molecule has 3 unspecified atom stereocenters. The summed E-state index contributed by atoms with van der Waals surface area (Å²) in [7, 11) is 0. The Bertz CT molecular complexity index is 1470. The van der Waals surface area contributed by atoms with Crippen molar-refractivity contribution in [2.75, 3.05) is 5.32 Å². The van der Waals surface area contributed by atoms with Crippen LogP contribution in [0.15, 0.2) is 58.4 Å². The van der Waals surface area contributed by atoms with Crippen LogP contribution in [0.25, 0.3) is 0 Å². The summed E-state index contributed by atoms with van der Waals surface area (Å²) in [5.74, 6) is -4.31. The fourth-order valence-corrected chi connectivity index (χ4v) is 7.26. The van der Waals surface area contributed by atoms with Gasteiger partial charge in [0, 0.05) is 16.5 Å². The minimum absolute atomic E-state index is 0.319. The zero-order valence-electron chi connectivity index (χ0n) is 18.8. The van der Waals surface area contributed by atoms with Crippen LogP contribution in [-0.2, 0) is 20.9 Å². The lowest BCUT2D eigenvalue weighted by molar-refractivity contribution is -0.135. The van der Waals surface area contributed by atoms with E-state index in [9.17, 15) is 28.4 Å². The van der Waals surface area contributed by atoms with E-state index in [4.69, 9.17) is 5.73 Å². The van der Waals surface area contributed by atoms with E-state index in [1.165, 1.54) is 28.8 Å². The third-order valence-electron chi connectivity index (χ3n) is 6.14. The number of halogens is 1. The highest BCUT2D eigenvalue weighted by Gasteiger charge is 2.57. The van der Waals surface area contributed by atoms with Gasteiger partial charge in [-0.25, -0.2) is 9.18 Å². The van der Waals surface area contributed by atoms with Gasteiger partial charge in [-0.05, 0) is 36.8 Å². The highest BCUT2D eigenvalue weighted by Crippen LogP contribution is 2.53. The highest BCUT2D eigenvalue weighted by atomic mass is 32.2. The van der Waals surface area contributed by atoms with Crippen LogP contribution in [-0.4, -0.2) is 38.5 Å². The van der Waals surface area contributed by atoms with E-state index in [0.29, 0.717) is 26.1 Å². The molecule has 2 aliphatic rings. The highest BCUT2D eigenvalue weighted by molar-refractivity contribution is 8.00. The number of carbonyl (C=O) groups excluding carboxylic acids is 4. The Morgan fingerprint density at radius 2 is 1.69 bits per heavy atom. The molecule has 3 heterocycles. The number of urea groups is 1. The summed E-state index contributed by atoms with van der Waals surface area (Å²) >= 11 is 1.81. The molecular formula is C24H19FN4O5S2. The number of nitrogens with zero attached hydrogens (tertiary/aromatic N) is 2. The number of likely N-dealkylation sites (tertiary alicyclic amines) is 1. The Morgan fingerprint density at radius 1 is 1.03 bits per heavy atom. The number of aromatic nitrogens is 1. The molecule has 0 aliphatic carbocycles. The molecule has 3 N–H and O–H groups in total. The van der Waals surface area contributed by atoms with Crippen molar-refractivity contribution >= 4 is 52.5 Å². The van der Waals surface area contributed by atoms with Gasteiger partial charge in [-0.2, -0.15) is 4.90 Å². The van der Waals surface area contributed by atoms with E-state index in [0.717, 1.165) is 28.7 Å². The molecule has 1 aromatic heterocycles. The number of thioether (sulfide) groups is 1. The summed E-state index contributed by atoms with van der Waals surface area (Å²) in [6, 6.07) is 11.3. The number of thiazole rings is 1. The molecule has 36 heavy (non-hydrogen) atoms. The third-order valence-corrected chi connectivity index (χ3v) is 8.74.